The van der Waals surface area contributed by atoms with Crippen molar-refractivity contribution in [3.63, 3.8) is 0 Å². The maximum absolute atomic E-state index is 12.5. The summed E-state index contributed by atoms with van der Waals surface area (Å²) in [7, 11) is 1.46. The Hall–Kier alpha value is -2.67. The average molecular weight is 351 g/mol. The van der Waals surface area contributed by atoms with Crippen LogP contribution in [0.4, 0.5) is 0 Å². The highest BCUT2D eigenvalue weighted by atomic mass is 35.5. The maximum atomic E-state index is 12.5. The van der Waals surface area contributed by atoms with Crippen molar-refractivity contribution in [2.24, 2.45) is 0 Å². The zero-order chi connectivity index (χ0) is 17.9. The largest absolute Gasteiger partial charge is 0.495 e. The normalized spacial score (nSPS) is 10.3. The van der Waals surface area contributed by atoms with E-state index in [2.05, 4.69) is 5.10 Å². The summed E-state index contributed by atoms with van der Waals surface area (Å²) in [6.45, 7) is 3.00. The lowest BCUT2D eigenvalue weighted by Gasteiger charge is -2.10. The number of hydrogen-bond donors (Lipinski definition) is 0. The Morgan fingerprint density at radius 2 is 2.00 bits per heavy atom. The molecule has 7 nitrogen and oxygen atoms in total. The predicted octanol–water partition coefficient (Wildman–Crippen LogP) is 2.27. The van der Waals surface area contributed by atoms with Gasteiger partial charge in [0.2, 0.25) is 0 Å². The fourth-order valence-electron chi connectivity index (χ4n) is 1.98. The van der Waals surface area contributed by atoms with Crippen LogP contribution in [-0.2, 0) is 4.74 Å². The molecule has 24 heavy (non-hydrogen) atoms. The lowest BCUT2D eigenvalue weighted by Crippen LogP contribution is -2.30. The summed E-state index contributed by atoms with van der Waals surface area (Å²) in [6, 6.07) is 5.67. The highest BCUT2D eigenvalue weighted by molar-refractivity contribution is 6.32. The van der Waals surface area contributed by atoms with Gasteiger partial charge < -0.3 is 9.47 Å². The third kappa shape index (κ3) is 3.46. The van der Waals surface area contributed by atoms with Crippen LogP contribution in [0.25, 0.3) is 5.69 Å². The molecule has 2 rings (SSSR count). The summed E-state index contributed by atoms with van der Waals surface area (Å²) in [4.78, 5) is 36.2. The minimum absolute atomic E-state index is 0.0374. The Bertz CT molecular complexity index is 860. The van der Waals surface area contributed by atoms with Gasteiger partial charge in [-0.25, -0.2) is 4.79 Å². The van der Waals surface area contributed by atoms with Gasteiger partial charge in [-0.2, -0.15) is 9.78 Å². The molecule has 8 heteroatoms. The van der Waals surface area contributed by atoms with Crippen LogP contribution in [0.5, 0.6) is 5.75 Å². The zero-order valence-electron chi connectivity index (χ0n) is 13.3. The van der Waals surface area contributed by atoms with Crippen molar-refractivity contribution in [1.29, 1.82) is 0 Å². The molecule has 0 bridgehead atoms. The number of halogens is 1. The Kier molecular flexibility index (Phi) is 5.35. The number of carbonyl (C=O) groups is 2. The van der Waals surface area contributed by atoms with Gasteiger partial charge in [-0.1, -0.05) is 11.6 Å². The van der Waals surface area contributed by atoms with Crippen molar-refractivity contribution in [2.45, 2.75) is 13.8 Å². The van der Waals surface area contributed by atoms with Gasteiger partial charge in [-0.3, -0.25) is 9.59 Å². The van der Waals surface area contributed by atoms with Crippen molar-refractivity contribution < 1.29 is 19.1 Å². The van der Waals surface area contributed by atoms with Crippen LogP contribution in [0.3, 0.4) is 0 Å². The van der Waals surface area contributed by atoms with E-state index in [9.17, 15) is 14.4 Å². The van der Waals surface area contributed by atoms with Gasteiger partial charge in [0, 0.05) is 6.92 Å². The third-order valence-electron chi connectivity index (χ3n) is 3.15. The molecule has 126 valence electrons. The van der Waals surface area contributed by atoms with Gasteiger partial charge >= 0.3 is 5.97 Å². The Morgan fingerprint density at radius 3 is 2.54 bits per heavy atom. The standard InChI is InChI=1S/C16H15ClN2O5/c1-4-24-16(22)11-8-13(9(2)20)18-19(15(11)21)10-5-6-14(23-3)12(17)7-10/h5-8H,4H2,1-3H3. The number of benzene rings is 1. The van der Waals surface area contributed by atoms with E-state index in [4.69, 9.17) is 21.1 Å². The third-order valence-corrected chi connectivity index (χ3v) is 3.44. The number of methoxy groups -OCH3 is 1. The fraction of sp³-hybridized carbons (Fsp3) is 0.250. The summed E-state index contributed by atoms with van der Waals surface area (Å²) >= 11 is 6.06. The van der Waals surface area contributed by atoms with E-state index >= 15 is 0 Å². The molecule has 0 amide bonds. The Morgan fingerprint density at radius 1 is 1.29 bits per heavy atom. The molecule has 1 heterocycles. The van der Waals surface area contributed by atoms with Crippen molar-refractivity contribution in [3.8, 4) is 11.4 Å². The van der Waals surface area contributed by atoms with Gasteiger partial charge in [0.25, 0.3) is 5.56 Å². The molecule has 1 aromatic carbocycles. The molecule has 0 atom stereocenters. The number of nitrogens with zero attached hydrogens (tertiary/aromatic N) is 2. The van der Waals surface area contributed by atoms with Gasteiger partial charge in [0.1, 0.15) is 17.0 Å². The van der Waals surface area contributed by atoms with Gasteiger partial charge in [-0.15, -0.1) is 0 Å². The molecular weight excluding hydrogens is 336 g/mol. The second-order valence-electron chi connectivity index (χ2n) is 4.76. The molecule has 0 aliphatic rings. The fourth-order valence-corrected chi connectivity index (χ4v) is 2.24. The van der Waals surface area contributed by atoms with Gasteiger partial charge in [-0.05, 0) is 31.2 Å². The lowest BCUT2D eigenvalue weighted by molar-refractivity contribution is 0.0523. The van der Waals surface area contributed by atoms with Crippen molar-refractivity contribution in [2.75, 3.05) is 13.7 Å². The summed E-state index contributed by atoms with van der Waals surface area (Å²) in [5.74, 6) is -0.795. The van der Waals surface area contributed by atoms with E-state index < -0.39 is 17.3 Å². The minimum atomic E-state index is -0.819. The number of ketones is 1. The van der Waals surface area contributed by atoms with Crippen LogP contribution in [-0.4, -0.2) is 35.2 Å². The molecule has 0 saturated heterocycles. The molecule has 0 aliphatic heterocycles. The van der Waals surface area contributed by atoms with Gasteiger partial charge in [0.15, 0.2) is 5.78 Å². The van der Waals surface area contributed by atoms with E-state index in [1.807, 2.05) is 0 Å². The van der Waals surface area contributed by atoms with Gasteiger partial charge in [0.05, 0.1) is 24.4 Å². The molecular formula is C16H15ClN2O5. The first-order valence-corrected chi connectivity index (χ1v) is 7.43. The number of ether oxygens (including phenoxy) is 2. The van der Waals surface area contributed by atoms with Crippen molar-refractivity contribution >= 4 is 23.4 Å². The lowest BCUT2D eigenvalue weighted by atomic mass is 10.2. The first kappa shape index (κ1) is 17.7. The number of esters is 1. The smallest absolute Gasteiger partial charge is 0.343 e. The molecule has 0 radical (unpaired) electrons. The van der Waals surface area contributed by atoms with Crippen LogP contribution in [0.1, 0.15) is 34.7 Å². The van der Waals surface area contributed by atoms with E-state index in [1.54, 1.807) is 13.0 Å². The number of Topliss-reactive ketones (excluding diaryl/α,β-unsaturated/α-hetero) is 1. The van der Waals surface area contributed by atoms with Crippen LogP contribution in [0.15, 0.2) is 29.1 Å². The second-order valence-corrected chi connectivity index (χ2v) is 5.16. The molecule has 0 spiro atoms. The molecule has 0 N–H and O–H groups in total. The highest BCUT2D eigenvalue weighted by Crippen LogP contribution is 2.26. The van der Waals surface area contributed by atoms with Crippen LogP contribution in [0, 0.1) is 0 Å². The highest BCUT2D eigenvalue weighted by Gasteiger charge is 2.19. The summed E-state index contributed by atoms with van der Waals surface area (Å²) < 4.78 is 10.8. The van der Waals surface area contributed by atoms with E-state index in [0.29, 0.717) is 11.4 Å². The molecule has 1 aromatic heterocycles. The maximum Gasteiger partial charge on any atom is 0.343 e. The molecule has 0 saturated carbocycles. The second kappa shape index (κ2) is 7.27. The quantitative estimate of drug-likeness (QED) is 0.607. The molecule has 0 unspecified atom stereocenters. The SMILES string of the molecule is CCOC(=O)c1cc(C(C)=O)nn(-c2ccc(OC)c(Cl)c2)c1=O. The van der Waals surface area contributed by atoms with Crippen LogP contribution < -0.4 is 10.3 Å². The molecule has 2 aromatic rings. The van der Waals surface area contributed by atoms with Crippen LogP contribution in [0.2, 0.25) is 5.02 Å². The molecule has 0 fully saturated rings. The van der Waals surface area contributed by atoms with E-state index in [1.165, 1.54) is 26.2 Å². The summed E-state index contributed by atoms with van der Waals surface area (Å²) in [5.41, 5.74) is -0.729. The average Bonchev–Trinajstić information content (AvgIpc) is 2.54. The molecule has 0 aliphatic carbocycles. The number of rotatable bonds is 5. The Labute approximate surface area is 142 Å². The van der Waals surface area contributed by atoms with Crippen molar-refractivity contribution in [3.05, 3.63) is 50.9 Å². The van der Waals surface area contributed by atoms with Crippen LogP contribution >= 0.6 is 11.6 Å². The number of carbonyl (C=O) groups excluding carboxylic acids is 2. The minimum Gasteiger partial charge on any atom is -0.495 e. The predicted molar refractivity (Wildman–Crippen MR) is 87.4 cm³/mol. The monoisotopic (exact) mass is 350 g/mol. The van der Waals surface area contributed by atoms with E-state index in [-0.39, 0.29) is 22.9 Å². The summed E-state index contributed by atoms with van der Waals surface area (Å²) in [5, 5.41) is 4.25. The van der Waals surface area contributed by atoms with Crippen molar-refractivity contribution in [1.82, 2.24) is 9.78 Å². The zero-order valence-corrected chi connectivity index (χ0v) is 14.1. The first-order chi connectivity index (χ1) is 11.4. The Balaban J connectivity index is 2.69. The number of hydrogen-bond acceptors (Lipinski definition) is 6. The first-order valence-electron chi connectivity index (χ1n) is 7.05. The number of aromatic nitrogens is 2. The topological polar surface area (TPSA) is 87.5 Å². The van der Waals surface area contributed by atoms with E-state index in [0.717, 1.165) is 10.7 Å². The summed E-state index contributed by atoms with van der Waals surface area (Å²) in [6.07, 6.45) is 0.